The second-order valence-electron chi connectivity index (χ2n) is 23.7. The van der Waals surface area contributed by atoms with Crippen LogP contribution in [0.1, 0.15) is 295 Å². The maximum absolute atomic E-state index is 7.16. The Kier molecular flexibility index (Phi) is 49.4. The SMILES string of the molecule is CCCCCCCCO[Si](CC(CSSSSSSCC(C[Si](OCCCCCCCC)(OCCCCCCCC)OCCCCCCCC)c1nc2ccccc2s1)c1nc2ccccc2s1)(OCCCCCCCC)OCCCCCCCC. The summed E-state index contributed by atoms with van der Waals surface area (Å²) in [5.74, 6) is 2.12. The van der Waals surface area contributed by atoms with Gasteiger partial charge in [0.2, 0.25) is 0 Å². The van der Waals surface area contributed by atoms with Crippen molar-refractivity contribution in [2.24, 2.45) is 0 Å². The lowest BCUT2D eigenvalue weighted by atomic mass is 10.1. The van der Waals surface area contributed by atoms with E-state index < -0.39 is 17.6 Å². The third-order valence-corrected chi connectivity index (χ3v) is 35.3. The second-order valence-corrected chi connectivity index (χ2v) is 40.8. The van der Waals surface area contributed by atoms with Crippen LogP contribution in [0.15, 0.2) is 48.5 Å². The first-order valence-corrected chi connectivity index (χ1v) is 48.2. The van der Waals surface area contributed by atoms with Gasteiger partial charge in [0, 0.05) is 75.1 Å². The number of para-hydroxylation sites is 2. The number of hydrogen-bond donors (Lipinski definition) is 0. The molecule has 2 aromatic carbocycles. The first-order chi connectivity index (χ1) is 42.4. The molecule has 0 aliphatic carbocycles. The molecule has 0 radical (unpaired) electrons. The zero-order chi connectivity index (χ0) is 61.1. The van der Waals surface area contributed by atoms with E-state index in [1.165, 1.54) is 212 Å². The van der Waals surface area contributed by atoms with Crippen LogP contribution in [0.3, 0.4) is 0 Å². The summed E-state index contributed by atoms with van der Waals surface area (Å²) in [4.78, 5) is 10.7. The van der Waals surface area contributed by atoms with Gasteiger partial charge in [0.15, 0.2) is 0 Å². The average molecular weight is 1370 g/mol. The molecule has 2 heterocycles. The summed E-state index contributed by atoms with van der Waals surface area (Å²) >= 11 is 3.69. The summed E-state index contributed by atoms with van der Waals surface area (Å²) < 4.78 is 45.4. The van der Waals surface area contributed by atoms with Crippen molar-refractivity contribution < 1.29 is 26.6 Å². The van der Waals surface area contributed by atoms with Crippen LogP contribution in [0.5, 0.6) is 0 Å². The minimum atomic E-state index is -3.12. The molecule has 8 nitrogen and oxygen atoms in total. The molecule has 0 aliphatic heterocycles. The van der Waals surface area contributed by atoms with Crippen molar-refractivity contribution in [2.75, 3.05) is 51.1 Å². The predicted molar refractivity (Wildman–Crippen MR) is 397 cm³/mol. The zero-order valence-electron chi connectivity index (χ0n) is 54.9. The maximum atomic E-state index is 7.16. The summed E-state index contributed by atoms with van der Waals surface area (Å²) in [6, 6.07) is 18.8. The zero-order valence-corrected chi connectivity index (χ0v) is 63.4. The highest BCUT2D eigenvalue weighted by atomic mass is 33.9. The Morgan fingerprint density at radius 1 is 0.326 bits per heavy atom. The monoisotopic (exact) mass is 1370 g/mol. The second kappa shape index (κ2) is 53.8. The molecule has 18 heteroatoms. The fraction of sp³-hybridized carbons (Fsp3) is 0.794. The van der Waals surface area contributed by atoms with Crippen LogP contribution in [0.4, 0.5) is 0 Å². The van der Waals surface area contributed by atoms with Gasteiger partial charge in [0.1, 0.15) is 0 Å². The van der Waals surface area contributed by atoms with Crippen LogP contribution < -0.4 is 0 Å². The van der Waals surface area contributed by atoms with Gasteiger partial charge in [0.05, 0.1) is 30.4 Å². The molecule has 4 aromatic rings. The lowest BCUT2D eigenvalue weighted by Gasteiger charge is -2.32. The van der Waals surface area contributed by atoms with Gasteiger partial charge in [-0.3, -0.25) is 0 Å². The third kappa shape index (κ3) is 36.3. The maximum Gasteiger partial charge on any atom is 0.501 e. The Balaban J connectivity index is 1.51. The molecule has 0 spiro atoms. The predicted octanol–water partition coefficient (Wildman–Crippen LogP) is 25.9. The minimum Gasteiger partial charge on any atom is -0.373 e. The van der Waals surface area contributed by atoms with Gasteiger partial charge >= 0.3 is 17.6 Å². The molecule has 0 aliphatic rings. The number of aromatic nitrogens is 2. The molecule has 0 saturated carbocycles. The number of benzene rings is 2. The summed E-state index contributed by atoms with van der Waals surface area (Å²) in [5.41, 5.74) is 2.16. The molecule has 0 amide bonds. The van der Waals surface area contributed by atoms with Crippen LogP contribution in [0.25, 0.3) is 20.4 Å². The van der Waals surface area contributed by atoms with Crippen molar-refractivity contribution in [1.29, 1.82) is 0 Å². The Morgan fingerprint density at radius 3 is 0.826 bits per heavy atom. The standard InChI is InChI=1S/C68H120N2O6S8Si2/c1-7-13-19-25-31-41-51-71-85(72-52-42-32-26-20-14-8-2,73-53-43-33-27-21-15-9-3)59-61(67-69-63-47-37-39-49-65(63)79-67)57-77-81-83-84-82-78-58-62(68-70-64-48-38-40-50-66(64)80-68)60-86(74-54-44-34-28-22-16-10-4,75-55-45-35-29-23-17-11-5)76-56-46-36-30-24-18-12-6/h37-40,47-50,61-62H,7-36,41-46,51-60H2,1-6H3. The van der Waals surface area contributed by atoms with Crippen LogP contribution in [0.2, 0.25) is 12.1 Å². The van der Waals surface area contributed by atoms with Gasteiger partial charge in [-0.2, -0.15) is 0 Å². The van der Waals surface area contributed by atoms with E-state index in [4.69, 9.17) is 36.5 Å². The molecule has 86 heavy (non-hydrogen) atoms. The lowest BCUT2D eigenvalue weighted by molar-refractivity contribution is 0.0533. The van der Waals surface area contributed by atoms with Crippen molar-refractivity contribution in [1.82, 2.24) is 9.97 Å². The minimum absolute atomic E-state index is 0.150. The fourth-order valence-corrected chi connectivity index (χ4v) is 31.5. The summed E-state index contributed by atoms with van der Waals surface area (Å²) in [6.45, 7) is 18.0. The Labute approximate surface area is 559 Å². The van der Waals surface area contributed by atoms with E-state index in [0.29, 0.717) is 39.6 Å². The molecule has 0 saturated heterocycles. The van der Waals surface area contributed by atoms with E-state index in [9.17, 15) is 0 Å². The van der Waals surface area contributed by atoms with E-state index in [0.717, 1.165) is 73.2 Å². The quantitative estimate of drug-likeness (QED) is 0.0239. The smallest absolute Gasteiger partial charge is 0.373 e. The molecule has 4 rings (SSSR count). The average Bonchev–Trinajstić information content (AvgIpc) is 3.23. The van der Waals surface area contributed by atoms with E-state index in [1.807, 2.05) is 83.6 Å². The first kappa shape index (κ1) is 79.0. The lowest BCUT2D eigenvalue weighted by Crippen LogP contribution is -2.48. The van der Waals surface area contributed by atoms with Crippen molar-refractivity contribution >= 4 is 122 Å². The molecule has 0 fully saturated rings. The first-order valence-electron chi connectivity index (χ1n) is 34.9. The molecule has 0 N–H and O–H groups in total. The van der Waals surface area contributed by atoms with E-state index >= 15 is 0 Å². The van der Waals surface area contributed by atoms with Crippen molar-refractivity contribution in [2.45, 2.75) is 297 Å². The Hall–Kier alpha value is 0.514. The number of thiazole rings is 2. The number of unbranched alkanes of at least 4 members (excludes halogenated alkanes) is 30. The largest absolute Gasteiger partial charge is 0.501 e. The summed E-state index contributed by atoms with van der Waals surface area (Å²) in [7, 11) is 5.18. The van der Waals surface area contributed by atoms with Gasteiger partial charge < -0.3 is 26.6 Å². The van der Waals surface area contributed by atoms with Crippen molar-refractivity contribution in [3.8, 4) is 0 Å². The van der Waals surface area contributed by atoms with Crippen LogP contribution in [-0.4, -0.2) is 78.7 Å². The van der Waals surface area contributed by atoms with Crippen molar-refractivity contribution in [3.05, 3.63) is 58.5 Å². The molecule has 0 bridgehead atoms. The van der Waals surface area contributed by atoms with E-state index in [1.54, 1.807) is 0 Å². The Bertz CT molecular complexity index is 1860. The number of hydrogen-bond acceptors (Lipinski definition) is 16. The highest BCUT2D eigenvalue weighted by molar-refractivity contribution is 9.41. The molecule has 2 aromatic heterocycles. The van der Waals surface area contributed by atoms with Crippen LogP contribution in [0, 0.1) is 0 Å². The highest BCUT2D eigenvalue weighted by Gasteiger charge is 2.46. The van der Waals surface area contributed by atoms with Crippen molar-refractivity contribution in [3.63, 3.8) is 0 Å². The van der Waals surface area contributed by atoms with Crippen LogP contribution in [-0.2, 0) is 26.6 Å². The molecule has 2 unspecified atom stereocenters. The topological polar surface area (TPSA) is 81.2 Å². The highest BCUT2D eigenvalue weighted by Crippen LogP contribution is 2.54. The van der Waals surface area contributed by atoms with Gasteiger partial charge in [-0.25, -0.2) is 9.97 Å². The number of fused-ring (bicyclic) bond motifs is 2. The fourth-order valence-electron chi connectivity index (χ4n) is 10.7. The molecule has 2 atom stereocenters. The molecular weight excluding hydrogens is 1250 g/mol. The summed E-state index contributed by atoms with van der Waals surface area (Å²) in [5, 5.41) is 2.35. The van der Waals surface area contributed by atoms with Gasteiger partial charge in [-0.15, -0.1) is 22.7 Å². The van der Waals surface area contributed by atoms with Gasteiger partial charge in [-0.05, 0) is 102 Å². The number of nitrogens with zero attached hydrogens (tertiary/aromatic N) is 2. The number of rotatable bonds is 63. The van der Waals surface area contributed by atoms with Crippen LogP contribution >= 0.6 is 83.6 Å². The van der Waals surface area contributed by atoms with E-state index in [-0.39, 0.29) is 11.8 Å². The molecule has 494 valence electrons. The Morgan fingerprint density at radius 2 is 0.570 bits per heavy atom. The van der Waals surface area contributed by atoms with E-state index in [2.05, 4.69) is 90.1 Å². The van der Waals surface area contributed by atoms with Gasteiger partial charge in [0.25, 0.3) is 0 Å². The summed E-state index contributed by atoms with van der Waals surface area (Å²) in [6.07, 6.45) is 44.3. The third-order valence-electron chi connectivity index (χ3n) is 15.9. The normalized spacial score (nSPS) is 13.0. The molecular formula is C68H120N2O6S8Si2. The van der Waals surface area contributed by atoms with Gasteiger partial charge in [-0.1, -0.05) is 280 Å².